The monoisotopic (exact) mass is 283 g/mol. The maximum Gasteiger partial charge on any atom is 0.267 e. The number of aromatic amines is 1. The van der Waals surface area contributed by atoms with Crippen molar-refractivity contribution in [2.75, 3.05) is 6.54 Å². The summed E-state index contributed by atoms with van der Waals surface area (Å²) in [5.74, 6) is 0. The maximum atomic E-state index is 11.8. The fourth-order valence-corrected chi connectivity index (χ4v) is 2.97. The Balaban J connectivity index is 1.60. The Bertz CT molecular complexity index is 649. The molecule has 2 aromatic rings. The van der Waals surface area contributed by atoms with E-state index in [0.29, 0.717) is 0 Å². The summed E-state index contributed by atoms with van der Waals surface area (Å²) in [6, 6.07) is 10.4. The summed E-state index contributed by atoms with van der Waals surface area (Å²) in [4.78, 5) is 11.8. The van der Waals surface area contributed by atoms with Gasteiger partial charge in [0.15, 0.2) is 0 Å². The second kappa shape index (κ2) is 6.68. The summed E-state index contributed by atoms with van der Waals surface area (Å²) in [7, 11) is 0. The molecule has 1 aromatic heterocycles. The van der Waals surface area contributed by atoms with E-state index in [4.69, 9.17) is 0 Å². The van der Waals surface area contributed by atoms with Gasteiger partial charge in [-0.15, -0.1) is 0 Å². The number of aromatic nitrogens is 2. The molecule has 4 nitrogen and oxygen atoms in total. The van der Waals surface area contributed by atoms with E-state index >= 15 is 0 Å². The molecule has 0 saturated carbocycles. The van der Waals surface area contributed by atoms with Gasteiger partial charge >= 0.3 is 0 Å². The van der Waals surface area contributed by atoms with Gasteiger partial charge in [-0.3, -0.25) is 4.79 Å². The Kier molecular flexibility index (Phi) is 4.46. The number of hydrogen-bond acceptors (Lipinski definition) is 3. The van der Waals surface area contributed by atoms with Crippen LogP contribution in [-0.2, 0) is 25.8 Å². The zero-order valence-corrected chi connectivity index (χ0v) is 12.2. The van der Waals surface area contributed by atoms with Crippen LogP contribution in [0.15, 0.2) is 35.1 Å². The van der Waals surface area contributed by atoms with Gasteiger partial charge < -0.3 is 5.32 Å². The Labute approximate surface area is 124 Å². The van der Waals surface area contributed by atoms with Crippen LogP contribution >= 0.6 is 0 Å². The minimum atomic E-state index is 0.00527. The molecule has 4 heteroatoms. The zero-order chi connectivity index (χ0) is 14.5. The van der Waals surface area contributed by atoms with Gasteiger partial charge in [-0.1, -0.05) is 30.3 Å². The predicted octanol–water partition coefficient (Wildman–Crippen LogP) is 1.98. The van der Waals surface area contributed by atoms with Crippen molar-refractivity contribution < 1.29 is 0 Å². The first kappa shape index (κ1) is 14.0. The van der Waals surface area contributed by atoms with Crippen LogP contribution in [-0.4, -0.2) is 16.7 Å². The Morgan fingerprint density at radius 1 is 1.10 bits per heavy atom. The minimum Gasteiger partial charge on any atom is -0.312 e. The van der Waals surface area contributed by atoms with E-state index < -0.39 is 0 Å². The quantitative estimate of drug-likeness (QED) is 0.825. The number of hydrogen-bond donors (Lipinski definition) is 2. The smallest absolute Gasteiger partial charge is 0.267 e. The molecule has 1 heterocycles. The van der Waals surface area contributed by atoms with Crippen molar-refractivity contribution in [3.8, 4) is 0 Å². The molecule has 0 radical (unpaired) electrons. The van der Waals surface area contributed by atoms with Crippen LogP contribution in [0, 0.1) is 0 Å². The molecule has 21 heavy (non-hydrogen) atoms. The number of nitrogens with zero attached hydrogens (tertiary/aromatic N) is 1. The lowest BCUT2D eigenvalue weighted by atomic mass is 9.91. The molecule has 1 aliphatic rings. The number of benzene rings is 1. The lowest BCUT2D eigenvalue weighted by Gasteiger charge is -2.17. The number of nitrogens with one attached hydrogen (secondary N) is 2. The fraction of sp³-hybridized carbons (Fsp3) is 0.412. The fourth-order valence-electron chi connectivity index (χ4n) is 2.97. The molecular weight excluding hydrogens is 262 g/mol. The van der Waals surface area contributed by atoms with Crippen LogP contribution in [0.4, 0.5) is 0 Å². The van der Waals surface area contributed by atoms with Crippen LogP contribution in [0.1, 0.15) is 35.2 Å². The van der Waals surface area contributed by atoms with Crippen LogP contribution in [0.25, 0.3) is 0 Å². The second-order valence-corrected chi connectivity index (χ2v) is 5.58. The SMILES string of the molecule is O=c1[nH]nc(CCNCc2ccccc2)c2c1CCCC2. The molecule has 0 amide bonds. The summed E-state index contributed by atoms with van der Waals surface area (Å²) < 4.78 is 0. The van der Waals surface area contributed by atoms with Crippen molar-refractivity contribution in [1.82, 2.24) is 15.5 Å². The molecule has 0 atom stereocenters. The molecule has 3 rings (SSSR count). The topological polar surface area (TPSA) is 57.8 Å². The first-order valence-corrected chi connectivity index (χ1v) is 7.68. The third-order valence-corrected chi connectivity index (χ3v) is 4.09. The highest BCUT2D eigenvalue weighted by atomic mass is 16.1. The van der Waals surface area contributed by atoms with Crippen molar-refractivity contribution in [3.63, 3.8) is 0 Å². The molecule has 0 aliphatic heterocycles. The molecule has 0 saturated heterocycles. The molecular formula is C17H21N3O. The van der Waals surface area contributed by atoms with Gasteiger partial charge in [-0.05, 0) is 36.8 Å². The van der Waals surface area contributed by atoms with E-state index in [1.54, 1.807) is 0 Å². The number of H-pyrrole nitrogens is 1. The molecule has 2 N–H and O–H groups in total. The summed E-state index contributed by atoms with van der Waals surface area (Å²) in [6.07, 6.45) is 5.05. The summed E-state index contributed by atoms with van der Waals surface area (Å²) in [5.41, 5.74) is 4.52. The highest BCUT2D eigenvalue weighted by Gasteiger charge is 2.17. The lowest BCUT2D eigenvalue weighted by Crippen LogP contribution is -2.25. The van der Waals surface area contributed by atoms with Crippen molar-refractivity contribution in [2.24, 2.45) is 0 Å². The van der Waals surface area contributed by atoms with Crippen molar-refractivity contribution in [1.29, 1.82) is 0 Å². The average Bonchev–Trinajstić information content (AvgIpc) is 2.55. The Morgan fingerprint density at radius 3 is 2.67 bits per heavy atom. The molecule has 0 spiro atoms. The third kappa shape index (κ3) is 3.39. The van der Waals surface area contributed by atoms with Crippen LogP contribution in [0.2, 0.25) is 0 Å². The van der Waals surface area contributed by atoms with Gasteiger partial charge in [-0.25, -0.2) is 5.10 Å². The van der Waals surface area contributed by atoms with Crippen LogP contribution < -0.4 is 10.9 Å². The second-order valence-electron chi connectivity index (χ2n) is 5.58. The average molecular weight is 283 g/mol. The molecule has 0 fully saturated rings. The molecule has 1 aromatic carbocycles. The van der Waals surface area contributed by atoms with E-state index in [9.17, 15) is 4.79 Å². The normalized spacial score (nSPS) is 13.9. The van der Waals surface area contributed by atoms with Gasteiger partial charge in [0.05, 0.1) is 5.69 Å². The van der Waals surface area contributed by atoms with E-state index in [2.05, 4.69) is 39.8 Å². The van der Waals surface area contributed by atoms with E-state index in [1.807, 2.05) is 6.07 Å². The van der Waals surface area contributed by atoms with Gasteiger partial charge in [0.2, 0.25) is 0 Å². The number of rotatable bonds is 5. The molecule has 0 bridgehead atoms. The van der Waals surface area contributed by atoms with Crippen LogP contribution in [0.3, 0.4) is 0 Å². The minimum absolute atomic E-state index is 0.00527. The zero-order valence-electron chi connectivity index (χ0n) is 12.2. The first-order valence-electron chi connectivity index (χ1n) is 7.68. The van der Waals surface area contributed by atoms with Crippen molar-refractivity contribution in [2.45, 2.75) is 38.6 Å². The van der Waals surface area contributed by atoms with E-state index in [1.165, 1.54) is 17.5 Å². The molecule has 1 aliphatic carbocycles. The van der Waals surface area contributed by atoms with Gasteiger partial charge in [0, 0.05) is 25.1 Å². The predicted molar refractivity (Wildman–Crippen MR) is 83.4 cm³/mol. The summed E-state index contributed by atoms with van der Waals surface area (Å²) in [5, 5.41) is 10.4. The van der Waals surface area contributed by atoms with Gasteiger partial charge in [0.1, 0.15) is 0 Å². The van der Waals surface area contributed by atoms with E-state index in [0.717, 1.165) is 50.0 Å². The van der Waals surface area contributed by atoms with Crippen LogP contribution in [0.5, 0.6) is 0 Å². The highest BCUT2D eigenvalue weighted by molar-refractivity contribution is 5.30. The van der Waals surface area contributed by atoms with Crippen molar-refractivity contribution >= 4 is 0 Å². The van der Waals surface area contributed by atoms with Crippen molar-refractivity contribution in [3.05, 3.63) is 63.1 Å². The summed E-state index contributed by atoms with van der Waals surface area (Å²) >= 11 is 0. The molecule has 110 valence electrons. The molecule has 0 unspecified atom stereocenters. The van der Waals surface area contributed by atoms with E-state index in [-0.39, 0.29) is 5.56 Å². The summed E-state index contributed by atoms with van der Waals surface area (Å²) in [6.45, 7) is 1.74. The standard InChI is InChI=1S/C17H21N3O/c21-17-15-9-5-4-8-14(15)16(19-20-17)10-11-18-12-13-6-2-1-3-7-13/h1-3,6-7,18H,4-5,8-12H2,(H,20,21). The van der Waals surface area contributed by atoms with Gasteiger partial charge in [-0.2, -0.15) is 5.10 Å². The van der Waals surface area contributed by atoms with Gasteiger partial charge in [0.25, 0.3) is 5.56 Å². The highest BCUT2D eigenvalue weighted by Crippen LogP contribution is 2.20. The Hall–Kier alpha value is -1.94. The maximum absolute atomic E-state index is 11.8. The lowest BCUT2D eigenvalue weighted by molar-refractivity contribution is 0.630. The third-order valence-electron chi connectivity index (χ3n) is 4.09. The largest absolute Gasteiger partial charge is 0.312 e. The Morgan fingerprint density at radius 2 is 1.86 bits per heavy atom. The number of fused-ring (bicyclic) bond motifs is 1. The first-order chi connectivity index (χ1) is 10.3.